The maximum Gasteiger partial charge on any atom is 0.289 e. The quantitative estimate of drug-likeness (QED) is 0.416. The third-order valence-corrected chi connectivity index (χ3v) is 4.25. The van der Waals surface area contributed by atoms with Crippen LogP contribution in [0.5, 0.6) is 17.2 Å². The van der Waals surface area contributed by atoms with Crippen molar-refractivity contribution in [1.82, 2.24) is 15.6 Å². The van der Waals surface area contributed by atoms with Crippen LogP contribution in [-0.2, 0) is 0 Å². The van der Waals surface area contributed by atoms with Gasteiger partial charge in [-0.15, -0.1) is 0 Å². The van der Waals surface area contributed by atoms with Crippen LogP contribution in [0.4, 0.5) is 0 Å². The fourth-order valence-corrected chi connectivity index (χ4v) is 2.69. The first kappa shape index (κ1) is 20.9. The van der Waals surface area contributed by atoms with E-state index in [9.17, 15) is 4.79 Å². The molecule has 156 valence electrons. The minimum Gasteiger partial charge on any atom is -0.497 e. The van der Waals surface area contributed by atoms with E-state index in [2.05, 4.69) is 27.6 Å². The van der Waals surface area contributed by atoms with Gasteiger partial charge in [0.05, 0.1) is 32.7 Å². The van der Waals surface area contributed by atoms with E-state index in [1.807, 2.05) is 24.3 Å². The maximum atomic E-state index is 12.4. The van der Waals surface area contributed by atoms with E-state index in [0.29, 0.717) is 35.1 Å². The number of carbonyl (C=O) groups is 1. The van der Waals surface area contributed by atoms with Gasteiger partial charge in [0, 0.05) is 11.1 Å². The Labute approximate surface area is 174 Å². The number of ether oxygens (including phenoxy) is 3. The summed E-state index contributed by atoms with van der Waals surface area (Å²) in [5, 5.41) is 10.9. The lowest BCUT2D eigenvalue weighted by Gasteiger charge is -2.06. The lowest BCUT2D eigenvalue weighted by molar-refractivity contribution is 0.0950. The molecule has 0 aliphatic carbocycles. The van der Waals surface area contributed by atoms with Crippen LogP contribution in [0.25, 0.3) is 11.3 Å². The number of amides is 1. The Hall–Kier alpha value is -3.81. The SMILES string of the molecule is CCCOc1ccc(-c2cc(C(=O)N/N=C\c3cc(OC)ccc3OC)[nH]n2)cc1. The highest BCUT2D eigenvalue weighted by Crippen LogP contribution is 2.23. The molecule has 0 radical (unpaired) electrons. The van der Waals surface area contributed by atoms with E-state index in [4.69, 9.17) is 14.2 Å². The van der Waals surface area contributed by atoms with Crippen molar-refractivity contribution < 1.29 is 19.0 Å². The molecule has 0 aliphatic heterocycles. The summed E-state index contributed by atoms with van der Waals surface area (Å²) in [6, 6.07) is 14.5. The van der Waals surface area contributed by atoms with Crippen molar-refractivity contribution in [3.05, 3.63) is 59.8 Å². The number of nitrogens with zero attached hydrogens (tertiary/aromatic N) is 2. The second-order valence-corrected chi connectivity index (χ2v) is 6.35. The van der Waals surface area contributed by atoms with Crippen molar-refractivity contribution in [1.29, 1.82) is 0 Å². The predicted octanol–water partition coefficient (Wildman–Crippen LogP) is 3.65. The van der Waals surface area contributed by atoms with Gasteiger partial charge in [0.25, 0.3) is 5.91 Å². The number of carbonyl (C=O) groups excluding carboxylic acids is 1. The summed E-state index contributed by atoms with van der Waals surface area (Å²) in [4.78, 5) is 12.4. The largest absolute Gasteiger partial charge is 0.497 e. The Kier molecular flexibility index (Phi) is 7.05. The zero-order chi connectivity index (χ0) is 21.3. The minimum atomic E-state index is -0.408. The topological polar surface area (TPSA) is 97.8 Å². The standard InChI is InChI=1S/C22H24N4O4/c1-4-11-30-17-7-5-15(6-8-17)19-13-20(25-24-19)22(27)26-23-14-16-12-18(28-2)9-10-21(16)29-3/h5-10,12-14H,4,11H2,1-3H3,(H,24,25)(H,26,27)/b23-14-. The van der Waals surface area contributed by atoms with Crippen molar-refractivity contribution >= 4 is 12.1 Å². The third kappa shape index (κ3) is 5.16. The maximum absolute atomic E-state index is 12.4. The van der Waals surface area contributed by atoms with Gasteiger partial charge >= 0.3 is 0 Å². The Morgan fingerprint density at radius 3 is 2.57 bits per heavy atom. The van der Waals surface area contributed by atoms with Gasteiger partial charge in [-0.05, 0) is 55.0 Å². The molecular weight excluding hydrogens is 384 g/mol. The lowest BCUT2D eigenvalue weighted by atomic mass is 10.1. The molecule has 8 nitrogen and oxygen atoms in total. The molecule has 0 fully saturated rings. The van der Waals surface area contributed by atoms with E-state index in [-0.39, 0.29) is 0 Å². The van der Waals surface area contributed by atoms with Gasteiger partial charge in [0.2, 0.25) is 0 Å². The summed E-state index contributed by atoms with van der Waals surface area (Å²) in [5.41, 5.74) is 4.97. The smallest absolute Gasteiger partial charge is 0.289 e. The number of H-pyrrole nitrogens is 1. The number of aromatic nitrogens is 2. The van der Waals surface area contributed by atoms with Crippen molar-refractivity contribution in [2.75, 3.05) is 20.8 Å². The predicted molar refractivity (Wildman–Crippen MR) is 114 cm³/mol. The molecule has 1 heterocycles. The highest BCUT2D eigenvalue weighted by molar-refractivity contribution is 5.94. The number of benzene rings is 2. The molecule has 0 bridgehead atoms. The number of rotatable bonds is 9. The Bertz CT molecular complexity index is 1010. The van der Waals surface area contributed by atoms with Gasteiger partial charge in [-0.1, -0.05) is 6.92 Å². The minimum absolute atomic E-state index is 0.297. The molecule has 0 atom stereocenters. The van der Waals surface area contributed by atoms with E-state index >= 15 is 0 Å². The number of hydrazone groups is 1. The van der Waals surface area contributed by atoms with E-state index in [1.54, 1.807) is 38.5 Å². The Balaban J connectivity index is 1.65. The van der Waals surface area contributed by atoms with E-state index < -0.39 is 5.91 Å². The molecule has 1 amide bonds. The van der Waals surface area contributed by atoms with Crippen LogP contribution in [0.15, 0.2) is 53.6 Å². The van der Waals surface area contributed by atoms with Crippen LogP contribution >= 0.6 is 0 Å². The molecule has 0 aliphatic rings. The van der Waals surface area contributed by atoms with Gasteiger partial charge in [0.15, 0.2) is 0 Å². The van der Waals surface area contributed by atoms with Crippen molar-refractivity contribution in [3.8, 4) is 28.5 Å². The second kappa shape index (κ2) is 10.1. The molecular formula is C22H24N4O4. The summed E-state index contributed by atoms with van der Waals surface area (Å²) in [7, 11) is 3.14. The molecule has 2 N–H and O–H groups in total. The molecule has 0 saturated heterocycles. The van der Waals surface area contributed by atoms with Crippen LogP contribution in [0.3, 0.4) is 0 Å². The molecule has 3 rings (SSSR count). The van der Waals surface area contributed by atoms with Crippen LogP contribution in [-0.4, -0.2) is 43.1 Å². The summed E-state index contributed by atoms with van der Waals surface area (Å²) in [5.74, 6) is 1.67. The molecule has 0 saturated carbocycles. The molecule has 3 aromatic rings. The summed E-state index contributed by atoms with van der Waals surface area (Å²) in [6.07, 6.45) is 2.44. The average Bonchev–Trinajstić information content (AvgIpc) is 3.28. The first-order valence-corrected chi connectivity index (χ1v) is 9.48. The van der Waals surface area contributed by atoms with Gasteiger partial charge in [0.1, 0.15) is 22.9 Å². The zero-order valence-corrected chi connectivity index (χ0v) is 17.1. The zero-order valence-electron chi connectivity index (χ0n) is 17.1. The highest BCUT2D eigenvalue weighted by atomic mass is 16.5. The molecule has 1 aromatic heterocycles. The Morgan fingerprint density at radius 2 is 1.87 bits per heavy atom. The summed E-state index contributed by atoms with van der Waals surface area (Å²) >= 11 is 0. The van der Waals surface area contributed by atoms with Gasteiger partial charge in [-0.2, -0.15) is 10.2 Å². The number of hydrogen-bond donors (Lipinski definition) is 2. The molecule has 0 unspecified atom stereocenters. The van der Waals surface area contributed by atoms with Gasteiger partial charge in [-0.25, -0.2) is 5.43 Å². The van der Waals surface area contributed by atoms with E-state index in [0.717, 1.165) is 17.7 Å². The first-order chi connectivity index (χ1) is 14.6. The monoisotopic (exact) mass is 408 g/mol. The average molecular weight is 408 g/mol. The summed E-state index contributed by atoms with van der Waals surface area (Å²) < 4.78 is 16.1. The summed E-state index contributed by atoms with van der Waals surface area (Å²) in [6.45, 7) is 2.73. The normalized spacial score (nSPS) is 10.8. The highest BCUT2D eigenvalue weighted by Gasteiger charge is 2.11. The Morgan fingerprint density at radius 1 is 1.10 bits per heavy atom. The van der Waals surface area contributed by atoms with Crippen LogP contribution in [0, 0.1) is 0 Å². The fraction of sp³-hybridized carbons (Fsp3) is 0.227. The molecule has 8 heteroatoms. The second-order valence-electron chi connectivity index (χ2n) is 6.35. The van der Waals surface area contributed by atoms with Crippen molar-refractivity contribution in [3.63, 3.8) is 0 Å². The van der Waals surface area contributed by atoms with Crippen LogP contribution in [0.2, 0.25) is 0 Å². The number of nitrogens with one attached hydrogen (secondary N) is 2. The van der Waals surface area contributed by atoms with Crippen LogP contribution < -0.4 is 19.6 Å². The van der Waals surface area contributed by atoms with Gasteiger partial charge < -0.3 is 14.2 Å². The van der Waals surface area contributed by atoms with Crippen molar-refractivity contribution in [2.45, 2.75) is 13.3 Å². The lowest BCUT2D eigenvalue weighted by Crippen LogP contribution is -2.18. The number of aromatic amines is 1. The molecule has 30 heavy (non-hydrogen) atoms. The number of methoxy groups -OCH3 is 2. The third-order valence-electron chi connectivity index (χ3n) is 4.25. The van der Waals surface area contributed by atoms with Gasteiger partial charge in [-0.3, -0.25) is 9.89 Å². The fourth-order valence-electron chi connectivity index (χ4n) is 2.69. The molecule has 0 spiro atoms. The first-order valence-electron chi connectivity index (χ1n) is 9.48. The molecule has 2 aromatic carbocycles. The number of hydrogen-bond acceptors (Lipinski definition) is 6. The van der Waals surface area contributed by atoms with Crippen LogP contribution in [0.1, 0.15) is 29.4 Å². The van der Waals surface area contributed by atoms with Crippen molar-refractivity contribution in [2.24, 2.45) is 5.10 Å². The van der Waals surface area contributed by atoms with E-state index in [1.165, 1.54) is 6.21 Å².